The van der Waals surface area contributed by atoms with Crippen molar-refractivity contribution in [1.29, 1.82) is 0 Å². The molecule has 0 radical (unpaired) electrons. The molecule has 0 fully saturated rings. The number of sulfonamides is 1. The summed E-state index contributed by atoms with van der Waals surface area (Å²) >= 11 is 0. The Labute approximate surface area is 163 Å². The van der Waals surface area contributed by atoms with Crippen molar-refractivity contribution < 1.29 is 21.6 Å². The van der Waals surface area contributed by atoms with Crippen LogP contribution in [0.3, 0.4) is 0 Å². The number of aromatic amines is 1. The Morgan fingerprint density at radius 1 is 1.14 bits per heavy atom. The quantitative estimate of drug-likeness (QED) is 0.454. The third kappa shape index (κ3) is 5.42. The van der Waals surface area contributed by atoms with Crippen LogP contribution < -0.4 is 15.8 Å². The molecule has 5 N–H and O–H groups in total. The summed E-state index contributed by atoms with van der Waals surface area (Å²) in [7, 11) is -3.85. The van der Waals surface area contributed by atoms with Crippen LogP contribution >= 0.6 is 0 Å². The van der Waals surface area contributed by atoms with Crippen LogP contribution in [0.5, 0.6) is 0 Å². The average molecular weight is 427 g/mol. The fourth-order valence-electron chi connectivity index (χ4n) is 2.38. The molecular formula is C16H16F3N7O2S. The molecule has 0 saturated carbocycles. The number of hydrogen-bond acceptors (Lipinski definition) is 7. The molecule has 0 aliphatic rings. The number of nitrogens with two attached hydrogens (primary N) is 1. The van der Waals surface area contributed by atoms with Gasteiger partial charge in [0.05, 0.1) is 16.9 Å². The largest absolute Gasteiger partial charge is 0.421 e. The topological polar surface area (TPSA) is 139 Å². The lowest BCUT2D eigenvalue weighted by molar-refractivity contribution is -0.137. The standard InChI is InChI=1S/C16H16F3N7O2S/c17-16(18,19)13-8-23-15(25-10-1-3-12(4-2-10)29(20,27)28)26-14(13)22-6-5-11-7-21-9-24-11/h1-4,7-9H,5-6H2,(H,21,24)(H2,20,27,28)(H2,22,23,25,26). The number of rotatable bonds is 7. The number of halogens is 3. The summed E-state index contributed by atoms with van der Waals surface area (Å²) in [5, 5.41) is 10.4. The predicted molar refractivity (Wildman–Crippen MR) is 98.9 cm³/mol. The van der Waals surface area contributed by atoms with E-state index in [1.807, 2.05) is 0 Å². The molecule has 0 atom stereocenters. The summed E-state index contributed by atoms with van der Waals surface area (Å²) in [6, 6.07) is 5.30. The highest BCUT2D eigenvalue weighted by Crippen LogP contribution is 2.34. The van der Waals surface area contributed by atoms with Crippen molar-refractivity contribution in [2.24, 2.45) is 5.14 Å². The van der Waals surface area contributed by atoms with E-state index in [0.717, 1.165) is 0 Å². The first-order chi connectivity index (χ1) is 13.6. The Morgan fingerprint density at radius 3 is 2.45 bits per heavy atom. The zero-order valence-electron chi connectivity index (χ0n) is 14.7. The summed E-state index contributed by atoms with van der Waals surface area (Å²) in [6.45, 7) is 0.174. The highest BCUT2D eigenvalue weighted by atomic mass is 32.2. The summed E-state index contributed by atoms with van der Waals surface area (Å²) in [4.78, 5) is 14.3. The van der Waals surface area contributed by atoms with E-state index in [1.165, 1.54) is 30.6 Å². The van der Waals surface area contributed by atoms with Gasteiger partial charge in [-0.1, -0.05) is 0 Å². The van der Waals surface area contributed by atoms with Gasteiger partial charge in [0.1, 0.15) is 11.4 Å². The van der Waals surface area contributed by atoms with Gasteiger partial charge in [0.25, 0.3) is 0 Å². The number of primary sulfonamides is 1. The van der Waals surface area contributed by atoms with Crippen LogP contribution in [0.25, 0.3) is 0 Å². The molecule has 0 saturated heterocycles. The molecule has 29 heavy (non-hydrogen) atoms. The number of imidazole rings is 1. The molecule has 13 heteroatoms. The molecule has 0 aliphatic heterocycles. The summed E-state index contributed by atoms with van der Waals surface area (Å²) in [5.74, 6) is -0.477. The van der Waals surface area contributed by atoms with Gasteiger partial charge in [-0.05, 0) is 24.3 Å². The minimum Gasteiger partial charge on any atom is -0.369 e. The number of hydrogen-bond donors (Lipinski definition) is 4. The Kier molecular flexibility index (Phi) is 5.70. The maximum atomic E-state index is 13.2. The molecule has 2 aromatic heterocycles. The monoisotopic (exact) mass is 427 g/mol. The smallest absolute Gasteiger partial charge is 0.369 e. The maximum absolute atomic E-state index is 13.2. The van der Waals surface area contributed by atoms with Gasteiger partial charge >= 0.3 is 6.18 Å². The van der Waals surface area contributed by atoms with Crippen LogP contribution in [0.1, 0.15) is 11.3 Å². The van der Waals surface area contributed by atoms with Gasteiger partial charge in [-0.3, -0.25) is 0 Å². The van der Waals surface area contributed by atoms with E-state index in [2.05, 4.69) is 30.6 Å². The molecule has 2 heterocycles. The molecular weight excluding hydrogens is 411 g/mol. The van der Waals surface area contributed by atoms with E-state index >= 15 is 0 Å². The number of alkyl halides is 3. The van der Waals surface area contributed by atoms with Gasteiger partial charge in [0.2, 0.25) is 16.0 Å². The maximum Gasteiger partial charge on any atom is 0.421 e. The first kappa shape index (κ1) is 20.5. The lowest BCUT2D eigenvalue weighted by atomic mass is 10.2. The number of anilines is 3. The normalized spacial score (nSPS) is 12.0. The van der Waals surface area contributed by atoms with Crippen molar-refractivity contribution in [3.8, 4) is 0 Å². The van der Waals surface area contributed by atoms with Gasteiger partial charge in [0.15, 0.2) is 0 Å². The van der Waals surface area contributed by atoms with Gasteiger partial charge < -0.3 is 15.6 Å². The van der Waals surface area contributed by atoms with E-state index in [4.69, 9.17) is 5.14 Å². The Bertz CT molecular complexity index is 1070. The molecule has 3 rings (SSSR count). The zero-order chi connectivity index (χ0) is 21.1. The van der Waals surface area contributed by atoms with Crippen LogP contribution in [0, 0.1) is 0 Å². The third-order valence-corrected chi connectivity index (χ3v) is 4.69. The van der Waals surface area contributed by atoms with Crippen molar-refractivity contribution in [2.45, 2.75) is 17.5 Å². The summed E-state index contributed by atoms with van der Waals surface area (Å²) in [6.07, 6.45) is -0.452. The van der Waals surface area contributed by atoms with E-state index in [9.17, 15) is 21.6 Å². The Balaban J connectivity index is 1.78. The second-order valence-electron chi connectivity index (χ2n) is 5.89. The second kappa shape index (κ2) is 8.05. The van der Waals surface area contributed by atoms with E-state index in [0.29, 0.717) is 24.0 Å². The molecule has 0 bridgehead atoms. The van der Waals surface area contributed by atoms with E-state index in [1.54, 1.807) is 6.20 Å². The molecule has 9 nitrogen and oxygen atoms in total. The fourth-order valence-corrected chi connectivity index (χ4v) is 2.89. The second-order valence-corrected chi connectivity index (χ2v) is 7.45. The SMILES string of the molecule is NS(=O)(=O)c1ccc(Nc2ncc(C(F)(F)F)c(NCCc3c[nH]cn3)n2)cc1. The Hall–Kier alpha value is -3.19. The minimum atomic E-state index is -4.63. The molecule has 0 amide bonds. The lowest BCUT2D eigenvalue weighted by Crippen LogP contribution is -2.16. The van der Waals surface area contributed by atoms with Gasteiger partial charge in [0, 0.05) is 31.0 Å². The van der Waals surface area contributed by atoms with Crippen LogP contribution in [-0.2, 0) is 22.6 Å². The zero-order valence-corrected chi connectivity index (χ0v) is 15.5. The molecule has 1 aromatic carbocycles. The van der Waals surface area contributed by atoms with Crippen molar-refractivity contribution in [3.63, 3.8) is 0 Å². The molecule has 0 spiro atoms. The number of nitrogens with zero attached hydrogens (tertiary/aromatic N) is 3. The van der Waals surface area contributed by atoms with Gasteiger partial charge in [-0.15, -0.1) is 0 Å². The van der Waals surface area contributed by atoms with E-state index in [-0.39, 0.29) is 23.2 Å². The van der Waals surface area contributed by atoms with Crippen LogP contribution in [0.4, 0.5) is 30.6 Å². The van der Waals surface area contributed by atoms with Crippen molar-refractivity contribution in [2.75, 3.05) is 17.2 Å². The van der Waals surface area contributed by atoms with Crippen molar-refractivity contribution >= 4 is 27.5 Å². The highest BCUT2D eigenvalue weighted by Gasteiger charge is 2.35. The number of nitrogens with one attached hydrogen (secondary N) is 3. The molecule has 0 unspecified atom stereocenters. The molecule has 154 valence electrons. The van der Waals surface area contributed by atoms with Crippen molar-refractivity contribution in [3.05, 3.63) is 54.2 Å². The summed E-state index contributed by atoms with van der Waals surface area (Å²) < 4.78 is 62.3. The number of H-pyrrole nitrogens is 1. The lowest BCUT2D eigenvalue weighted by Gasteiger charge is -2.14. The van der Waals surface area contributed by atoms with Gasteiger partial charge in [-0.2, -0.15) is 18.2 Å². The first-order valence-corrected chi connectivity index (χ1v) is 9.73. The third-order valence-electron chi connectivity index (χ3n) is 3.76. The Morgan fingerprint density at radius 2 is 1.86 bits per heavy atom. The van der Waals surface area contributed by atoms with Crippen LogP contribution in [0.15, 0.2) is 47.9 Å². The van der Waals surface area contributed by atoms with E-state index < -0.39 is 21.8 Å². The molecule has 0 aliphatic carbocycles. The van der Waals surface area contributed by atoms with Crippen LogP contribution in [0.2, 0.25) is 0 Å². The molecule has 3 aromatic rings. The predicted octanol–water partition coefficient (Wildman–Crippen LogP) is 2.26. The number of aromatic nitrogens is 4. The fraction of sp³-hybridized carbons (Fsp3) is 0.188. The minimum absolute atomic E-state index is 0.0939. The van der Waals surface area contributed by atoms with Crippen LogP contribution in [-0.4, -0.2) is 34.9 Å². The average Bonchev–Trinajstić information content (AvgIpc) is 3.14. The highest BCUT2D eigenvalue weighted by molar-refractivity contribution is 7.89. The van der Waals surface area contributed by atoms with Gasteiger partial charge in [-0.25, -0.2) is 23.5 Å². The summed E-state index contributed by atoms with van der Waals surface area (Å²) in [5.41, 5.74) is 0.0580. The van der Waals surface area contributed by atoms with Crippen molar-refractivity contribution in [1.82, 2.24) is 19.9 Å². The first-order valence-electron chi connectivity index (χ1n) is 8.18. The number of benzene rings is 1.